The number of nitro benzene ring substituents is 1. The van der Waals surface area contributed by atoms with Crippen molar-refractivity contribution in [3.63, 3.8) is 0 Å². The van der Waals surface area contributed by atoms with Crippen LogP contribution in [0, 0.1) is 10.1 Å². The van der Waals surface area contributed by atoms with E-state index in [9.17, 15) is 40.1 Å². The number of hydrogen-bond donors (Lipinski definition) is 4. The maximum absolute atomic E-state index is 13.0. The zero-order valence-corrected chi connectivity index (χ0v) is 22.5. The highest BCUT2D eigenvalue weighted by Gasteiger charge is 2.48. The van der Waals surface area contributed by atoms with Crippen LogP contribution < -0.4 is 19.3 Å². The molecule has 4 N–H and O–H groups in total. The number of hydrogen-bond acceptors (Lipinski definition) is 11. The highest BCUT2D eigenvalue weighted by atomic mass is 35.5. The molecule has 218 valence electrons. The van der Waals surface area contributed by atoms with Crippen LogP contribution in [0.15, 0.2) is 42.5 Å². The van der Waals surface area contributed by atoms with Gasteiger partial charge in [0.25, 0.3) is 5.69 Å². The summed E-state index contributed by atoms with van der Waals surface area (Å²) in [5.41, 5.74) is 0.172. The molecule has 0 radical (unpaired) electrons. The Balaban J connectivity index is 1.84. The normalized spacial score (nSPS) is 22.3. The Labute approximate surface area is 237 Å². The SMILES string of the molecule is CN(C(=O)Oc1ccc(N(CCCl)CCCl)cc1)c1cc([N+](=O)[O-])ccc1O[C@@H]1O[C@@H](C(=O)O)[C@@H](O)[C@H](O)[C@@H]1O. The summed E-state index contributed by atoms with van der Waals surface area (Å²) in [5.74, 6) is -0.972. The van der Waals surface area contributed by atoms with Crippen LogP contribution in [0.3, 0.4) is 0 Å². The van der Waals surface area contributed by atoms with Crippen LogP contribution in [0.1, 0.15) is 0 Å². The molecule has 16 heteroatoms. The average Bonchev–Trinajstić information content (AvgIpc) is 2.93. The molecule has 2 aromatic rings. The van der Waals surface area contributed by atoms with Gasteiger partial charge in [-0.3, -0.25) is 15.0 Å². The summed E-state index contributed by atoms with van der Waals surface area (Å²) in [4.78, 5) is 37.9. The molecule has 5 atom stereocenters. The third-order valence-corrected chi connectivity index (χ3v) is 6.30. The van der Waals surface area contributed by atoms with E-state index in [-0.39, 0.29) is 17.2 Å². The van der Waals surface area contributed by atoms with Crippen molar-refractivity contribution in [2.75, 3.05) is 41.7 Å². The fraction of sp³-hybridized carbons (Fsp3) is 0.417. The van der Waals surface area contributed by atoms with Gasteiger partial charge in [0, 0.05) is 49.7 Å². The minimum Gasteiger partial charge on any atom is -0.479 e. The number of anilines is 2. The predicted molar refractivity (Wildman–Crippen MR) is 143 cm³/mol. The molecular weight excluding hydrogens is 577 g/mol. The summed E-state index contributed by atoms with van der Waals surface area (Å²) < 4.78 is 16.0. The maximum atomic E-state index is 13.0. The second-order valence-corrected chi connectivity index (χ2v) is 9.30. The van der Waals surface area contributed by atoms with Crippen LogP contribution >= 0.6 is 23.2 Å². The first-order chi connectivity index (χ1) is 19.0. The zero-order chi connectivity index (χ0) is 29.6. The van der Waals surface area contributed by atoms with Gasteiger partial charge in [0.05, 0.1) is 10.6 Å². The molecule has 1 aliphatic rings. The zero-order valence-electron chi connectivity index (χ0n) is 21.0. The number of ether oxygens (including phenoxy) is 3. The number of aliphatic carboxylic acids is 1. The molecule has 40 heavy (non-hydrogen) atoms. The van der Waals surface area contributed by atoms with Gasteiger partial charge in [-0.25, -0.2) is 9.59 Å². The highest BCUT2D eigenvalue weighted by molar-refractivity contribution is 6.18. The van der Waals surface area contributed by atoms with Gasteiger partial charge in [0.2, 0.25) is 6.29 Å². The lowest BCUT2D eigenvalue weighted by molar-refractivity contribution is -0.384. The number of carbonyl (C=O) groups excluding carboxylic acids is 1. The molecule has 3 rings (SSSR count). The fourth-order valence-corrected chi connectivity index (χ4v) is 4.23. The number of halogens is 2. The maximum Gasteiger partial charge on any atom is 0.419 e. The molecule has 1 amide bonds. The number of aliphatic hydroxyl groups excluding tert-OH is 3. The predicted octanol–water partition coefficient (Wildman–Crippen LogP) is 1.78. The lowest BCUT2D eigenvalue weighted by Gasteiger charge is -2.38. The third-order valence-electron chi connectivity index (χ3n) is 5.96. The Bertz CT molecular complexity index is 1200. The number of carboxylic acids is 1. The summed E-state index contributed by atoms with van der Waals surface area (Å²) in [5, 5.41) is 50.9. The molecular formula is C24H27Cl2N3O11. The minimum atomic E-state index is -1.95. The first-order valence-electron chi connectivity index (χ1n) is 11.8. The van der Waals surface area contributed by atoms with Crippen molar-refractivity contribution in [1.82, 2.24) is 0 Å². The number of benzene rings is 2. The number of carbonyl (C=O) groups is 2. The van der Waals surface area contributed by atoms with Crippen molar-refractivity contribution in [2.45, 2.75) is 30.7 Å². The minimum absolute atomic E-state index is 0.151. The van der Waals surface area contributed by atoms with E-state index in [2.05, 4.69) is 0 Å². The molecule has 0 unspecified atom stereocenters. The van der Waals surface area contributed by atoms with E-state index >= 15 is 0 Å². The number of amides is 1. The van der Waals surface area contributed by atoms with Gasteiger partial charge in [-0.2, -0.15) is 0 Å². The van der Waals surface area contributed by atoms with Crippen molar-refractivity contribution in [3.05, 3.63) is 52.6 Å². The number of nitro groups is 1. The fourth-order valence-electron chi connectivity index (χ4n) is 3.82. The van der Waals surface area contributed by atoms with Crippen LogP contribution in [-0.2, 0) is 9.53 Å². The Morgan fingerprint density at radius 1 is 1.02 bits per heavy atom. The van der Waals surface area contributed by atoms with E-state index < -0.39 is 53.4 Å². The number of non-ortho nitro benzene ring substituents is 1. The smallest absolute Gasteiger partial charge is 0.419 e. The molecule has 0 bridgehead atoms. The second kappa shape index (κ2) is 13.8. The number of alkyl halides is 2. The molecule has 0 aromatic heterocycles. The number of aliphatic hydroxyl groups is 3. The monoisotopic (exact) mass is 603 g/mol. The molecule has 1 aliphatic heterocycles. The van der Waals surface area contributed by atoms with Crippen molar-refractivity contribution in [3.8, 4) is 11.5 Å². The van der Waals surface area contributed by atoms with Gasteiger partial charge in [-0.1, -0.05) is 0 Å². The van der Waals surface area contributed by atoms with Gasteiger partial charge in [-0.15, -0.1) is 23.2 Å². The van der Waals surface area contributed by atoms with Gasteiger partial charge in [0.1, 0.15) is 29.8 Å². The molecule has 0 spiro atoms. The van der Waals surface area contributed by atoms with E-state index in [1.807, 2.05) is 4.90 Å². The second-order valence-electron chi connectivity index (χ2n) is 8.55. The van der Waals surface area contributed by atoms with Crippen LogP contribution in [0.25, 0.3) is 0 Å². The number of carboxylic acid groups (broad SMARTS) is 1. The van der Waals surface area contributed by atoms with Gasteiger partial charge >= 0.3 is 12.1 Å². The standard InChI is InChI=1S/C24H27Cl2N3O11/c1-27(24(35)38-15-5-2-13(3-6-15)28(10-8-25)11-9-26)16-12-14(29(36)37)4-7-17(16)39-23-20(32)18(30)19(31)21(40-23)22(33)34/h2-7,12,18-21,23,30-32H,8-11H2,1H3,(H,33,34)/t18-,19-,20-,21+,23+/m0/s1. The van der Waals surface area contributed by atoms with Gasteiger partial charge < -0.3 is 39.5 Å². The third kappa shape index (κ3) is 7.21. The van der Waals surface area contributed by atoms with Crippen molar-refractivity contribution in [2.24, 2.45) is 0 Å². The van der Waals surface area contributed by atoms with Crippen molar-refractivity contribution in [1.29, 1.82) is 0 Å². The van der Waals surface area contributed by atoms with Crippen LogP contribution in [-0.4, -0.2) is 100 Å². The summed E-state index contributed by atoms with van der Waals surface area (Å²) >= 11 is 11.7. The van der Waals surface area contributed by atoms with E-state index in [0.29, 0.717) is 24.8 Å². The first-order valence-corrected chi connectivity index (χ1v) is 12.9. The molecule has 1 heterocycles. The van der Waals surface area contributed by atoms with E-state index in [1.54, 1.807) is 12.1 Å². The first kappa shape index (κ1) is 31.1. The average molecular weight is 604 g/mol. The summed E-state index contributed by atoms with van der Waals surface area (Å²) in [6.45, 7) is 1.10. The molecule has 0 aliphatic carbocycles. The van der Waals surface area contributed by atoms with Gasteiger partial charge in [-0.05, 0) is 30.3 Å². The largest absolute Gasteiger partial charge is 0.479 e. The molecule has 14 nitrogen and oxygen atoms in total. The van der Waals surface area contributed by atoms with E-state index in [1.165, 1.54) is 19.2 Å². The highest BCUT2D eigenvalue weighted by Crippen LogP contribution is 2.35. The Morgan fingerprint density at radius 3 is 2.20 bits per heavy atom. The van der Waals surface area contributed by atoms with E-state index in [0.717, 1.165) is 28.8 Å². The van der Waals surface area contributed by atoms with Crippen LogP contribution in [0.2, 0.25) is 0 Å². The van der Waals surface area contributed by atoms with Crippen LogP contribution in [0.5, 0.6) is 11.5 Å². The lowest BCUT2D eigenvalue weighted by Crippen LogP contribution is -2.61. The molecule has 1 fully saturated rings. The quantitative estimate of drug-likeness (QED) is 0.165. The molecule has 0 saturated carbocycles. The molecule has 1 saturated heterocycles. The summed E-state index contributed by atoms with van der Waals surface area (Å²) in [7, 11) is 1.24. The Hall–Kier alpha value is -3.40. The lowest BCUT2D eigenvalue weighted by atomic mass is 9.99. The Morgan fingerprint density at radius 2 is 1.65 bits per heavy atom. The summed E-state index contributed by atoms with van der Waals surface area (Å²) in [6.07, 6.45) is -10.5. The Kier molecular flexibility index (Phi) is 10.7. The van der Waals surface area contributed by atoms with Gasteiger partial charge in [0.15, 0.2) is 6.10 Å². The van der Waals surface area contributed by atoms with Crippen molar-refractivity contribution < 1.29 is 49.1 Å². The summed E-state index contributed by atoms with van der Waals surface area (Å²) in [6, 6.07) is 9.59. The topological polar surface area (TPSA) is 192 Å². The molecule has 2 aromatic carbocycles. The number of rotatable bonds is 11. The van der Waals surface area contributed by atoms with E-state index in [4.69, 9.17) is 37.4 Å². The number of nitrogens with zero attached hydrogens (tertiary/aromatic N) is 3. The van der Waals surface area contributed by atoms with Crippen molar-refractivity contribution >= 4 is 52.3 Å². The van der Waals surface area contributed by atoms with Crippen LogP contribution in [0.4, 0.5) is 21.9 Å².